The van der Waals surface area contributed by atoms with Crippen LogP contribution in [0.4, 0.5) is 5.95 Å². The van der Waals surface area contributed by atoms with Gasteiger partial charge in [0.15, 0.2) is 0 Å². The molecule has 2 fully saturated rings. The monoisotopic (exact) mass is 346 g/mol. The minimum Gasteiger partial charge on any atom is -0.373 e. The van der Waals surface area contributed by atoms with E-state index < -0.39 is 0 Å². The normalized spacial score (nSPS) is 25.3. The molecule has 25 heavy (non-hydrogen) atoms. The van der Waals surface area contributed by atoms with Gasteiger partial charge in [0.05, 0.1) is 11.7 Å². The molecule has 0 unspecified atom stereocenters. The van der Waals surface area contributed by atoms with Crippen LogP contribution in [-0.2, 0) is 4.74 Å². The van der Waals surface area contributed by atoms with Crippen molar-refractivity contribution in [2.24, 2.45) is 5.92 Å². The zero-order chi connectivity index (χ0) is 18.0. The largest absolute Gasteiger partial charge is 0.373 e. The standard InChI is InChI=1S/C20H34N4O/c1-15-12-21-19(22-13-15)24-8-6-16(7-9-24)14-23(5)17-10-18(11-17)25-20(2,3)4/h12-13,16-18H,6-11,14H2,1-5H3. The first-order valence-corrected chi connectivity index (χ1v) is 9.72. The molecule has 5 nitrogen and oxygen atoms in total. The van der Waals surface area contributed by atoms with Crippen molar-refractivity contribution < 1.29 is 4.74 Å². The van der Waals surface area contributed by atoms with E-state index in [-0.39, 0.29) is 5.60 Å². The van der Waals surface area contributed by atoms with Crippen LogP contribution in [0.15, 0.2) is 12.4 Å². The molecule has 2 heterocycles. The average molecular weight is 347 g/mol. The smallest absolute Gasteiger partial charge is 0.225 e. The lowest BCUT2D eigenvalue weighted by molar-refractivity contribution is -0.118. The predicted octanol–water partition coefficient (Wildman–Crippen LogP) is 3.28. The van der Waals surface area contributed by atoms with Crippen molar-refractivity contribution in [1.29, 1.82) is 0 Å². The van der Waals surface area contributed by atoms with E-state index in [1.165, 1.54) is 32.2 Å². The first kappa shape index (κ1) is 18.6. The van der Waals surface area contributed by atoms with E-state index in [2.05, 4.69) is 47.6 Å². The van der Waals surface area contributed by atoms with Gasteiger partial charge in [-0.15, -0.1) is 0 Å². The van der Waals surface area contributed by atoms with Gasteiger partial charge in [0.2, 0.25) is 5.95 Å². The third-order valence-electron chi connectivity index (χ3n) is 5.42. The molecule has 1 aliphatic heterocycles. The second-order valence-corrected chi connectivity index (χ2v) is 8.91. The van der Waals surface area contributed by atoms with E-state index >= 15 is 0 Å². The number of piperidine rings is 1. The zero-order valence-corrected chi connectivity index (χ0v) is 16.5. The molecule has 0 amide bonds. The number of nitrogens with zero attached hydrogens (tertiary/aromatic N) is 4. The zero-order valence-electron chi connectivity index (χ0n) is 16.5. The Bertz CT molecular complexity index is 540. The van der Waals surface area contributed by atoms with E-state index in [0.29, 0.717) is 12.1 Å². The van der Waals surface area contributed by atoms with Gasteiger partial charge in [-0.1, -0.05) is 0 Å². The van der Waals surface area contributed by atoms with Crippen molar-refractivity contribution in [3.8, 4) is 0 Å². The van der Waals surface area contributed by atoms with Crippen molar-refractivity contribution in [3.05, 3.63) is 18.0 Å². The van der Waals surface area contributed by atoms with Gasteiger partial charge in [-0.05, 0) is 71.9 Å². The first-order valence-electron chi connectivity index (χ1n) is 9.72. The molecule has 5 heteroatoms. The van der Waals surface area contributed by atoms with Crippen LogP contribution in [-0.4, -0.2) is 59.3 Å². The molecule has 0 atom stereocenters. The maximum atomic E-state index is 6.07. The van der Waals surface area contributed by atoms with Crippen molar-refractivity contribution in [2.75, 3.05) is 31.6 Å². The van der Waals surface area contributed by atoms with Crippen molar-refractivity contribution in [2.45, 2.75) is 71.1 Å². The lowest BCUT2D eigenvalue weighted by atomic mass is 9.86. The van der Waals surface area contributed by atoms with Crippen LogP contribution < -0.4 is 4.90 Å². The topological polar surface area (TPSA) is 41.5 Å². The molecule has 0 bridgehead atoms. The molecule has 2 aliphatic rings. The van der Waals surface area contributed by atoms with Crippen molar-refractivity contribution in [1.82, 2.24) is 14.9 Å². The Balaban J connectivity index is 1.38. The number of rotatable bonds is 5. The van der Waals surface area contributed by atoms with Crippen LogP contribution in [0.25, 0.3) is 0 Å². The Kier molecular flexibility index (Phi) is 5.64. The Morgan fingerprint density at radius 2 is 1.76 bits per heavy atom. The van der Waals surface area contributed by atoms with Crippen LogP contribution in [0.1, 0.15) is 52.0 Å². The Morgan fingerprint density at radius 3 is 2.32 bits per heavy atom. The van der Waals surface area contributed by atoms with Gasteiger partial charge in [-0.3, -0.25) is 0 Å². The highest BCUT2D eigenvalue weighted by molar-refractivity contribution is 5.30. The highest BCUT2D eigenvalue weighted by Crippen LogP contribution is 2.32. The summed E-state index contributed by atoms with van der Waals surface area (Å²) in [6, 6.07) is 0.700. The summed E-state index contributed by atoms with van der Waals surface area (Å²) in [6.45, 7) is 11.8. The van der Waals surface area contributed by atoms with Crippen molar-refractivity contribution >= 4 is 5.95 Å². The summed E-state index contributed by atoms with van der Waals surface area (Å²) < 4.78 is 6.07. The molecule has 0 spiro atoms. The highest BCUT2D eigenvalue weighted by atomic mass is 16.5. The van der Waals surface area contributed by atoms with E-state index in [1.54, 1.807) is 0 Å². The summed E-state index contributed by atoms with van der Waals surface area (Å²) in [5, 5.41) is 0. The lowest BCUT2D eigenvalue weighted by Crippen LogP contribution is -2.50. The minimum atomic E-state index is -0.0148. The summed E-state index contributed by atoms with van der Waals surface area (Å²) in [5.41, 5.74) is 1.11. The van der Waals surface area contributed by atoms with Gasteiger partial charge < -0.3 is 14.5 Å². The van der Waals surface area contributed by atoms with E-state index in [4.69, 9.17) is 4.74 Å². The van der Waals surface area contributed by atoms with Gasteiger partial charge in [-0.25, -0.2) is 9.97 Å². The second-order valence-electron chi connectivity index (χ2n) is 8.91. The van der Waals surface area contributed by atoms with Crippen LogP contribution >= 0.6 is 0 Å². The van der Waals surface area contributed by atoms with Crippen molar-refractivity contribution in [3.63, 3.8) is 0 Å². The fourth-order valence-electron chi connectivity index (χ4n) is 3.91. The van der Waals surface area contributed by atoms with Crippen LogP contribution in [0.2, 0.25) is 0 Å². The minimum absolute atomic E-state index is 0.0148. The average Bonchev–Trinajstić information content (AvgIpc) is 2.51. The molecule has 0 N–H and O–H groups in total. The van der Waals surface area contributed by atoms with E-state index in [9.17, 15) is 0 Å². The van der Waals surface area contributed by atoms with Gasteiger partial charge in [-0.2, -0.15) is 0 Å². The van der Waals surface area contributed by atoms with Gasteiger partial charge in [0.1, 0.15) is 0 Å². The molecule has 1 aromatic rings. The Hall–Kier alpha value is -1.20. The van der Waals surface area contributed by atoms with Gasteiger partial charge in [0, 0.05) is 38.1 Å². The first-order chi connectivity index (χ1) is 11.8. The molecule has 3 rings (SSSR count). The van der Waals surface area contributed by atoms with Crippen LogP contribution in [0.5, 0.6) is 0 Å². The number of anilines is 1. The summed E-state index contributed by atoms with van der Waals surface area (Å²) in [5.74, 6) is 1.67. The van der Waals surface area contributed by atoms with E-state index in [0.717, 1.165) is 30.5 Å². The molecule has 1 aliphatic carbocycles. The van der Waals surface area contributed by atoms with Crippen LogP contribution in [0.3, 0.4) is 0 Å². The Morgan fingerprint density at radius 1 is 1.16 bits per heavy atom. The maximum absolute atomic E-state index is 6.07. The molecular weight excluding hydrogens is 312 g/mol. The number of aromatic nitrogens is 2. The summed E-state index contributed by atoms with van der Waals surface area (Å²) in [7, 11) is 2.29. The number of aryl methyl sites for hydroxylation is 1. The molecular formula is C20H34N4O. The van der Waals surface area contributed by atoms with Gasteiger partial charge >= 0.3 is 0 Å². The fraction of sp³-hybridized carbons (Fsp3) is 0.800. The molecule has 1 saturated heterocycles. The number of ether oxygens (including phenoxy) is 1. The van der Waals surface area contributed by atoms with Crippen LogP contribution in [0, 0.1) is 12.8 Å². The highest BCUT2D eigenvalue weighted by Gasteiger charge is 2.36. The SMILES string of the molecule is Cc1cnc(N2CCC(CN(C)C3CC(OC(C)(C)C)C3)CC2)nc1. The van der Waals surface area contributed by atoms with E-state index in [1.807, 2.05) is 19.3 Å². The Labute approximate surface area is 152 Å². The fourth-order valence-corrected chi connectivity index (χ4v) is 3.91. The predicted molar refractivity (Wildman–Crippen MR) is 102 cm³/mol. The second kappa shape index (κ2) is 7.58. The summed E-state index contributed by atoms with van der Waals surface area (Å²) in [6.07, 6.45) is 9.11. The third-order valence-corrected chi connectivity index (χ3v) is 5.42. The maximum Gasteiger partial charge on any atom is 0.225 e. The quantitative estimate of drug-likeness (QED) is 0.818. The summed E-state index contributed by atoms with van der Waals surface area (Å²) >= 11 is 0. The molecule has 1 saturated carbocycles. The number of hydrogen-bond donors (Lipinski definition) is 0. The number of hydrogen-bond acceptors (Lipinski definition) is 5. The molecule has 1 aromatic heterocycles. The third kappa shape index (κ3) is 5.14. The van der Waals surface area contributed by atoms with Gasteiger partial charge in [0.25, 0.3) is 0 Å². The lowest BCUT2D eigenvalue weighted by Gasteiger charge is -2.45. The molecule has 0 radical (unpaired) electrons. The molecule has 140 valence electrons. The molecule has 0 aromatic carbocycles. The summed E-state index contributed by atoms with van der Waals surface area (Å²) in [4.78, 5) is 13.8.